The second-order valence-electron chi connectivity index (χ2n) is 4.70. The van der Waals surface area contributed by atoms with Crippen molar-refractivity contribution in [1.29, 1.82) is 0 Å². The Morgan fingerprint density at radius 3 is 1.88 bits per heavy atom. The maximum absolute atomic E-state index is 5.18. The van der Waals surface area contributed by atoms with E-state index in [-0.39, 0.29) is 5.41 Å². The van der Waals surface area contributed by atoms with Crippen molar-refractivity contribution in [3.63, 3.8) is 0 Å². The van der Waals surface area contributed by atoms with Gasteiger partial charge in [0, 0.05) is 24.4 Å². The molecule has 0 N–H and O–H groups in total. The lowest BCUT2D eigenvalue weighted by molar-refractivity contribution is 0.394. The minimum atomic E-state index is 0.0658. The van der Waals surface area contributed by atoms with Crippen LogP contribution in [0, 0.1) is 5.41 Å². The highest BCUT2D eigenvalue weighted by atomic mass is 16.5. The molecule has 3 nitrogen and oxygen atoms in total. The van der Waals surface area contributed by atoms with Crippen molar-refractivity contribution in [2.24, 2.45) is 10.4 Å². The Balaban J connectivity index is 3.00. The van der Waals surface area contributed by atoms with Crippen molar-refractivity contribution in [2.75, 3.05) is 14.2 Å². The molecule has 0 saturated carbocycles. The fourth-order valence-corrected chi connectivity index (χ4v) is 1.14. The number of nitrogens with zero attached hydrogens (tertiary/aromatic N) is 1. The number of aliphatic imine (C=N–C) groups is 1. The first-order valence-corrected chi connectivity index (χ1v) is 5.23. The molecule has 0 radical (unpaired) electrons. The van der Waals surface area contributed by atoms with Crippen molar-refractivity contribution < 1.29 is 9.47 Å². The summed E-state index contributed by atoms with van der Waals surface area (Å²) < 4.78 is 10.4. The molecular weight excluding hydrogens is 202 g/mol. The van der Waals surface area contributed by atoms with Crippen LogP contribution in [0.25, 0.3) is 0 Å². The van der Waals surface area contributed by atoms with Gasteiger partial charge in [-0.05, 0) is 5.41 Å². The zero-order valence-corrected chi connectivity index (χ0v) is 10.6. The van der Waals surface area contributed by atoms with E-state index >= 15 is 0 Å². The molecule has 0 amide bonds. The van der Waals surface area contributed by atoms with Crippen LogP contribution >= 0.6 is 0 Å². The smallest absolute Gasteiger partial charge is 0.124 e. The fourth-order valence-electron chi connectivity index (χ4n) is 1.14. The van der Waals surface area contributed by atoms with E-state index < -0.39 is 0 Å². The van der Waals surface area contributed by atoms with E-state index in [1.54, 1.807) is 14.2 Å². The summed E-state index contributed by atoms with van der Waals surface area (Å²) >= 11 is 0. The van der Waals surface area contributed by atoms with Crippen LogP contribution in [-0.4, -0.2) is 20.4 Å². The van der Waals surface area contributed by atoms with Gasteiger partial charge in [0.2, 0.25) is 0 Å². The number of ether oxygens (including phenoxy) is 2. The Morgan fingerprint density at radius 1 is 1.00 bits per heavy atom. The van der Waals surface area contributed by atoms with E-state index in [9.17, 15) is 0 Å². The number of hydrogen-bond acceptors (Lipinski definition) is 3. The maximum atomic E-state index is 5.18. The van der Waals surface area contributed by atoms with Gasteiger partial charge in [-0.1, -0.05) is 20.8 Å². The molecule has 0 heterocycles. The molecule has 88 valence electrons. The van der Waals surface area contributed by atoms with Crippen LogP contribution < -0.4 is 9.47 Å². The van der Waals surface area contributed by atoms with E-state index in [2.05, 4.69) is 25.8 Å². The van der Waals surface area contributed by atoms with E-state index in [1.807, 2.05) is 24.4 Å². The van der Waals surface area contributed by atoms with E-state index in [1.165, 1.54) is 0 Å². The fraction of sp³-hybridized carbons (Fsp3) is 0.462. The van der Waals surface area contributed by atoms with E-state index in [0.29, 0.717) is 0 Å². The van der Waals surface area contributed by atoms with Crippen LogP contribution in [0.3, 0.4) is 0 Å². The van der Waals surface area contributed by atoms with Crippen LogP contribution in [0.5, 0.6) is 11.5 Å². The molecule has 1 aromatic carbocycles. The summed E-state index contributed by atoms with van der Waals surface area (Å²) in [6.07, 6.45) is 1.92. The molecule has 0 aliphatic heterocycles. The quantitative estimate of drug-likeness (QED) is 0.732. The highest BCUT2D eigenvalue weighted by molar-refractivity contribution is 5.69. The predicted molar refractivity (Wildman–Crippen MR) is 67.2 cm³/mol. The minimum Gasteiger partial charge on any atom is -0.497 e. The molecule has 0 aliphatic rings. The first-order chi connectivity index (χ1) is 7.44. The third-order valence-electron chi connectivity index (χ3n) is 1.94. The number of rotatable bonds is 3. The lowest BCUT2D eigenvalue weighted by Crippen LogP contribution is -2.05. The van der Waals surface area contributed by atoms with Gasteiger partial charge in [0.1, 0.15) is 11.5 Å². The summed E-state index contributed by atoms with van der Waals surface area (Å²) in [4.78, 5) is 4.41. The van der Waals surface area contributed by atoms with Gasteiger partial charge in [-0.3, -0.25) is 4.99 Å². The summed E-state index contributed by atoms with van der Waals surface area (Å²) in [6, 6.07) is 5.59. The van der Waals surface area contributed by atoms with Crippen molar-refractivity contribution in [3.8, 4) is 11.5 Å². The summed E-state index contributed by atoms with van der Waals surface area (Å²) in [5.74, 6) is 1.50. The molecule has 0 unspecified atom stereocenters. The number of methoxy groups -OCH3 is 2. The van der Waals surface area contributed by atoms with Crippen molar-refractivity contribution >= 4 is 11.9 Å². The Kier molecular flexibility index (Phi) is 3.93. The average molecular weight is 221 g/mol. The third kappa shape index (κ3) is 3.93. The van der Waals surface area contributed by atoms with Crippen LogP contribution in [0.4, 0.5) is 5.69 Å². The summed E-state index contributed by atoms with van der Waals surface area (Å²) in [5.41, 5.74) is 0.905. The molecule has 1 aromatic rings. The van der Waals surface area contributed by atoms with Crippen LogP contribution in [0.15, 0.2) is 23.2 Å². The van der Waals surface area contributed by atoms with Gasteiger partial charge >= 0.3 is 0 Å². The van der Waals surface area contributed by atoms with Crippen LogP contribution in [0.2, 0.25) is 0 Å². The Bertz CT molecular complexity index is 356. The molecule has 0 aromatic heterocycles. The molecule has 0 saturated heterocycles. The topological polar surface area (TPSA) is 30.8 Å². The van der Waals surface area contributed by atoms with Gasteiger partial charge in [0.25, 0.3) is 0 Å². The SMILES string of the molecule is COc1cc(N=CC(C)(C)C)cc(OC)c1. The zero-order valence-electron chi connectivity index (χ0n) is 10.6. The molecule has 1 rings (SSSR count). The zero-order chi connectivity index (χ0) is 12.2. The first kappa shape index (κ1) is 12.6. The van der Waals surface area contributed by atoms with Gasteiger partial charge in [0.05, 0.1) is 19.9 Å². The average Bonchev–Trinajstić information content (AvgIpc) is 2.25. The summed E-state index contributed by atoms with van der Waals surface area (Å²) in [5, 5.41) is 0. The Morgan fingerprint density at radius 2 is 1.50 bits per heavy atom. The molecule has 0 bridgehead atoms. The van der Waals surface area contributed by atoms with Crippen molar-refractivity contribution in [1.82, 2.24) is 0 Å². The first-order valence-electron chi connectivity index (χ1n) is 5.23. The van der Waals surface area contributed by atoms with Crippen LogP contribution in [0.1, 0.15) is 20.8 Å². The second kappa shape index (κ2) is 5.01. The minimum absolute atomic E-state index is 0.0658. The normalized spacial score (nSPS) is 11.8. The highest BCUT2D eigenvalue weighted by Gasteiger charge is 2.06. The van der Waals surface area contributed by atoms with Crippen molar-refractivity contribution in [3.05, 3.63) is 18.2 Å². The molecule has 16 heavy (non-hydrogen) atoms. The van der Waals surface area contributed by atoms with Gasteiger partial charge in [0.15, 0.2) is 0 Å². The van der Waals surface area contributed by atoms with E-state index in [4.69, 9.17) is 9.47 Å². The lowest BCUT2D eigenvalue weighted by Gasteiger charge is -2.10. The van der Waals surface area contributed by atoms with Gasteiger partial charge < -0.3 is 9.47 Å². The van der Waals surface area contributed by atoms with E-state index in [0.717, 1.165) is 17.2 Å². The highest BCUT2D eigenvalue weighted by Crippen LogP contribution is 2.28. The molecule has 0 atom stereocenters. The standard InChI is InChI=1S/C13H19NO2/c1-13(2,3)9-14-10-6-11(15-4)8-12(7-10)16-5/h6-9H,1-5H3. The molecule has 0 spiro atoms. The predicted octanol–water partition coefficient (Wildman–Crippen LogP) is 3.45. The molecular formula is C13H19NO2. The maximum Gasteiger partial charge on any atom is 0.124 e. The van der Waals surface area contributed by atoms with Gasteiger partial charge in [-0.25, -0.2) is 0 Å². The lowest BCUT2D eigenvalue weighted by atomic mass is 9.99. The summed E-state index contributed by atoms with van der Waals surface area (Å²) in [6.45, 7) is 6.32. The largest absolute Gasteiger partial charge is 0.497 e. The third-order valence-corrected chi connectivity index (χ3v) is 1.94. The molecule has 0 aliphatic carbocycles. The Hall–Kier alpha value is -1.51. The molecule has 3 heteroatoms. The second-order valence-corrected chi connectivity index (χ2v) is 4.70. The molecule has 0 fully saturated rings. The van der Waals surface area contributed by atoms with Crippen molar-refractivity contribution in [2.45, 2.75) is 20.8 Å². The Labute approximate surface area is 97.1 Å². The van der Waals surface area contributed by atoms with Crippen LogP contribution in [-0.2, 0) is 0 Å². The monoisotopic (exact) mass is 221 g/mol. The summed E-state index contributed by atoms with van der Waals surface area (Å²) in [7, 11) is 3.26. The van der Waals surface area contributed by atoms with Gasteiger partial charge in [-0.15, -0.1) is 0 Å². The van der Waals surface area contributed by atoms with Gasteiger partial charge in [-0.2, -0.15) is 0 Å². The number of benzene rings is 1. The number of hydrogen-bond donors (Lipinski definition) is 0.